The summed E-state index contributed by atoms with van der Waals surface area (Å²) in [5, 5.41) is 5.11. The molecule has 0 unspecified atom stereocenters. The minimum atomic E-state index is 0.146. The van der Waals surface area contributed by atoms with Crippen LogP contribution < -0.4 is 5.32 Å². The lowest BCUT2D eigenvalue weighted by Crippen LogP contribution is -2.27. The molecule has 0 fully saturated rings. The van der Waals surface area contributed by atoms with Gasteiger partial charge in [0, 0.05) is 10.0 Å². The Hall–Kier alpha value is -2.49. The fourth-order valence-corrected chi connectivity index (χ4v) is 4.24. The molecule has 2 heterocycles. The van der Waals surface area contributed by atoms with E-state index < -0.39 is 0 Å². The third kappa shape index (κ3) is 2.97. The molecule has 5 rings (SSSR count). The van der Waals surface area contributed by atoms with Crippen molar-refractivity contribution >= 4 is 40.2 Å². The Bertz CT molecular complexity index is 1120. The van der Waals surface area contributed by atoms with E-state index in [1.165, 1.54) is 11.1 Å². The summed E-state index contributed by atoms with van der Waals surface area (Å²) < 4.78 is 2.29. The van der Waals surface area contributed by atoms with Crippen molar-refractivity contribution in [3.8, 4) is 0 Å². The number of anilines is 1. The summed E-state index contributed by atoms with van der Waals surface area (Å²) in [4.78, 5) is 4.84. The minimum absolute atomic E-state index is 0.146. The second-order valence-electron chi connectivity index (χ2n) is 6.85. The summed E-state index contributed by atoms with van der Waals surface area (Å²) in [7, 11) is 0. The zero-order valence-corrected chi connectivity index (χ0v) is 16.0. The Morgan fingerprint density at radius 3 is 2.48 bits per heavy atom. The number of hydrogen-bond donors (Lipinski definition) is 1. The van der Waals surface area contributed by atoms with E-state index in [1.54, 1.807) is 0 Å². The van der Waals surface area contributed by atoms with E-state index in [2.05, 4.69) is 52.3 Å². The molecule has 1 N–H and O–H groups in total. The second-order valence-corrected chi connectivity index (χ2v) is 7.72. The molecule has 0 spiro atoms. The van der Waals surface area contributed by atoms with Crippen LogP contribution in [0.5, 0.6) is 0 Å². The van der Waals surface area contributed by atoms with Crippen LogP contribution in [0.15, 0.2) is 72.8 Å². The third-order valence-corrected chi connectivity index (χ3v) is 5.66. The van der Waals surface area contributed by atoms with Gasteiger partial charge in [-0.15, -0.1) is 0 Å². The van der Waals surface area contributed by atoms with Crippen molar-refractivity contribution in [2.75, 3.05) is 5.32 Å². The van der Waals surface area contributed by atoms with Crippen molar-refractivity contribution in [3.63, 3.8) is 0 Å². The summed E-state index contributed by atoms with van der Waals surface area (Å²) in [6.45, 7) is 0. The number of aromatic nitrogens is 2. The Balaban J connectivity index is 1.67. The first-order valence-electron chi connectivity index (χ1n) is 8.93. The van der Waals surface area contributed by atoms with Crippen LogP contribution in [0.3, 0.4) is 0 Å². The molecule has 5 heteroatoms. The number of benzene rings is 3. The van der Waals surface area contributed by atoms with Gasteiger partial charge in [0.05, 0.1) is 23.1 Å². The quantitative estimate of drug-likeness (QED) is 0.421. The standard InChI is InChI=1S/C22H17Cl2N3/c23-16-10-8-14(9-11-16)19-13-21(15-4-3-5-17(24)12-15)27-20-7-2-1-6-18(20)25-22(27)26-19/h1-12,19,21H,13H2,(H,25,26)/t19-,21+/m0/s1. The highest BCUT2D eigenvalue weighted by molar-refractivity contribution is 6.30. The van der Waals surface area contributed by atoms with Gasteiger partial charge < -0.3 is 9.88 Å². The van der Waals surface area contributed by atoms with E-state index in [0.717, 1.165) is 33.4 Å². The van der Waals surface area contributed by atoms with Crippen LogP contribution in [0, 0.1) is 0 Å². The lowest BCUT2D eigenvalue weighted by Gasteiger charge is -2.33. The van der Waals surface area contributed by atoms with E-state index in [-0.39, 0.29) is 12.1 Å². The van der Waals surface area contributed by atoms with Gasteiger partial charge in [-0.1, -0.05) is 59.6 Å². The predicted molar refractivity (Wildman–Crippen MR) is 112 cm³/mol. The molecule has 134 valence electrons. The van der Waals surface area contributed by atoms with Crippen LogP contribution in [0.4, 0.5) is 5.95 Å². The second kappa shape index (κ2) is 6.59. The molecule has 3 nitrogen and oxygen atoms in total. The Morgan fingerprint density at radius 1 is 0.852 bits per heavy atom. The molecule has 0 saturated carbocycles. The Labute approximate surface area is 167 Å². The van der Waals surface area contributed by atoms with E-state index in [4.69, 9.17) is 28.2 Å². The number of halogens is 2. The number of imidazole rings is 1. The highest BCUT2D eigenvalue weighted by atomic mass is 35.5. The molecule has 0 radical (unpaired) electrons. The van der Waals surface area contributed by atoms with Crippen molar-refractivity contribution in [2.24, 2.45) is 0 Å². The van der Waals surface area contributed by atoms with Crippen LogP contribution in [-0.4, -0.2) is 9.55 Å². The smallest absolute Gasteiger partial charge is 0.204 e. The van der Waals surface area contributed by atoms with Gasteiger partial charge in [-0.25, -0.2) is 4.98 Å². The normalized spacial score (nSPS) is 18.9. The van der Waals surface area contributed by atoms with E-state index in [9.17, 15) is 0 Å². The van der Waals surface area contributed by atoms with Crippen molar-refractivity contribution in [3.05, 3.63) is 94.0 Å². The predicted octanol–water partition coefficient (Wildman–Crippen LogP) is 6.49. The van der Waals surface area contributed by atoms with Gasteiger partial charge in [-0.2, -0.15) is 0 Å². The molecule has 4 aromatic rings. The summed E-state index contributed by atoms with van der Waals surface area (Å²) in [5.41, 5.74) is 4.50. The van der Waals surface area contributed by atoms with Gasteiger partial charge >= 0.3 is 0 Å². The number of para-hydroxylation sites is 2. The molecule has 0 aliphatic carbocycles. The molecular formula is C22H17Cl2N3. The van der Waals surface area contributed by atoms with Crippen molar-refractivity contribution in [1.82, 2.24) is 9.55 Å². The molecular weight excluding hydrogens is 377 g/mol. The van der Waals surface area contributed by atoms with Gasteiger partial charge in [0.25, 0.3) is 0 Å². The lowest BCUT2D eigenvalue weighted by atomic mass is 9.93. The molecule has 1 aromatic heterocycles. The average molecular weight is 394 g/mol. The Morgan fingerprint density at radius 2 is 1.67 bits per heavy atom. The largest absolute Gasteiger partial charge is 0.349 e. The minimum Gasteiger partial charge on any atom is -0.349 e. The molecule has 1 aliphatic heterocycles. The van der Waals surface area contributed by atoms with Crippen LogP contribution in [-0.2, 0) is 0 Å². The zero-order chi connectivity index (χ0) is 18.4. The first-order valence-corrected chi connectivity index (χ1v) is 9.69. The fraction of sp³-hybridized carbons (Fsp3) is 0.136. The number of hydrogen-bond acceptors (Lipinski definition) is 2. The maximum absolute atomic E-state index is 6.30. The highest BCUT2D eigenvalue weighted by Gasteiger charge is 2.31. The van der Waals surface area contributed by atoms with E-state index in [0.29, 0.717) is 0 Å². The van der Waals surface area contributed by atoms with Gasteiger partial charge in [-0.05, 0) is 53.9 Å². The van der Waals surface area contributed by atoms with Crippen LogP contribution >= 0.6 is 23.2 Å². The first kappa shape index (κ1) is 16.7. The molecule has 1 aliphatic rings. The van der Waals surface area contributed by atoms with Gasteiger partial charge in [-0.3, -0.25) is 0 Å². The van der Waals surface area contributed by atoms with Gasteiger partial charge in [0.2, 0.25) is 5.95 Å². The molecule has 27 heavy (non-hydrogen) atoms. The van der Waals surface area contributed by atoms with Crippen molar-refractivity contribution in [1.29, 1.82) is 0 Å². The van der Waals surface area contributed by atoms with Crippen LogP contribution in [0.1, 0.15) is 29.6 Å². The van der Waals surface area contributed by atoms with E-state index >= 15 is 0 Å². The average Bonchev–Trinajstić information content (AvgIpc) is 3.06. The summed E-state index contributed by atoms with van der Waals surface area (Å²) >= 11 is 12.4. The first-order chi connectivity index (χ1) is 13.2. The highest BCUT2D eigenvalue weighted by Crippen LogP contribution is 2.41. The topological polar surface area (TPSA) is 29.9 Å². The molecule has 2 atom stereocenters. The van der Waals surface area contributed by atoms with Gasteiger partial charge in [0.15, 0.2) is 0 Å². The van der Waals surface area contributed by atoms with E-state index in [1.807, 2.05) is 30.3 Å². The summed E-state index contributed by atoms with van der Waals surface area (Å²) in [6, 6.07) is 24.7. The summed E-state index contributed by atoms with van der Waals surface area (Å²) in [5.74, 6) is 0.882. The van der Waals surface area contributed by atoms with Crippen molar-refractivity contribution in [2.45, 2.75) is 18.5 Å². The number of nitrogens with one attached hydrogen (secondary N) is 1. The number of nitrogens with zero attached hydrogens (tertiary/aromatic N) is 2. The lowest BCUT2D eigenvalue weighted by molar-refractivity contribution is 0.477. The molecule has 0 amide bonds. The monoisotopic (exact) mass is 393 g/mol. The maximum atomic E-state index is 6.30. The molecule has 0 saturated heterocycles. The molecule has 0 bridgehead atoms. The van der Waals surface area contributed by atoms with Crippen LogP contribution in [0.2, 0.25) is 10.0 Å². The number of rotatable bonds is 2. The fourth-order valence-electron chi connectivity index (χ4n) is 3.92. The van der Waals surface area contributed by atoms with Crippen molar-refractivity contribution < 1.29 is 0 Å². The third-order valence-electron chi connectivity index (χ3n) is 5.18. The Kier molecular flexibility index (Phi) is 4.07. The zero-order valence-electron chi connectivity index (χ0n) is 14.4. The number of fused-ring (bicyclic) bond motifs is 3. The SMILES string of the molecule is Clc1ccc([C@@H]2C[C@H](c3cccc(Cl)c3)n3c(nc4ccccc43)N2)cc1. The maximum Gasteiger partial charge on any atom is 0.204 e. The molecule has 3 aromatic carbocycles. The van der Waals surface area contributed by atoms with Crippen LogP contribution in [0.25, 0.3) is 11.0 Å². The summed E-state index contributed by atoms with van der Waals surface area (Å²) in [6.07, 6.45) is 0.898. The van der Waals surface area contributed by atoms with Gasteiger partial charge in [0.1, 0.15) is 0 Å².